The smallest absolute Gasteiger partial charge is 0.358 e. The Morgan fingerprint density at radius 2 is 2.25 bits per heavy atom. The third-order valence-electron chi connectivity index (χ3n) is 4.18. The van der Waals surface area contributed by atoms with Crippen molar-refractivity contribution in [2.75, 3.05) is 13.2 Å². The molecule has 0 aliphatic heterocycles. The molecule has 0 aromatic carbocycles. The molecule has 0 amide bonds. The number of hydrogen-bond acceptors (Lipinski definition) is 5. The van der Waals surface area contributed by atoms with Crippen LogP contribution in [0, 0.1) is 17.7 Å². The minimum absolute atomic E-state index is 0.0281. The number of ether oxygens (including phenoxy) is 1. The summed E-state index contributed by atoms with van der Waals surface area (Å²) >= 11 is 0. The van der Waals surface area contributed by atoms with Gasteiger partial charge in [0.2, 0.25) is 0 Å². The fraction of sp³-hybridized carbons (Fsp3) is 0.600. The fourth-order valence-corrected chi connectivity index (χ4v) is 3.93. The number of carbonyl (C=O) groups is 1. The van der Waals surface area contributed by atoms with Gasteiger partial charge in [-0.2, -0.15) is 12.8 Å². The molecule has 1 heterocycles. The first kappa shape index (κ1) is 18.6. The normalized spacial score (nSPS) is 21.5. The first-order valence-corrected chi connectivity index (χ1v) is 9.19. The monoisotopic (exact) mass is 360 g/mol. The minimum atomic E-state index is -4.28. The average molecular weight is 360 g/mol. The van der Waals surface area contributed by atoms with Gasteiger partial charge in [-0.25, -0.2) is 9.18 Å². The number of hydrogen-bond donors (Lipinski definition) is 1. The van der Waals surface area contributed by atoms with Crippen LogP contribution in [0.3, 0.4) is 0 Å². The highest BCUT2D eigenvalue weighted by atomic mass is 32.2. The topological polar surface area (TPSA) is 98.0 Å². The third-order valence-corrected chi connectivity index (χ3v) is 5.42. The van der Waals surface area contributed by atoms with E-state index in [4.69, 9.17) is 4.74 Å². The van der Waals surface area contributed by atoms with E-state index in [1.165, 1.54) is 13.3 Å². The fourth-order valence-electron chi connectivity index (χ4n) is 2.89. The Kier molecular flexibility index (Phi) is 5.76. The number of aryl methyl sites for hydroxylation is 1. The standard InChI is InChI=1S/C15H21FN2O5S/c1-3-23-15(20)14-13(16)12(8-18(14)2)24(21,22)17-7-10-5-4-6-11(10)9-19/h7-8,10-11,19H,3-6,9H2,1-2H3/t10?,11-/m1/s1. The number of halogens is 1. The number of aliphatic hydroxyl groups excluding tert-OH is 1. The second-order valence-electron chi connectivity index (χ2n) is 5.75. The Hall–Kier alpha value is -1.74. The zero-order chi connectivity index (χ0) is 17.9. The van der Waals surface area contributed by atoms with Gasteiger partial charge in [-0.3, -0.25) is 0 Å². The summed E-state index contributed by atoms with van der Waals surface area (Å²) < 4.78 is 48.3. The van der Waals surface area contributed by atoms with Crippen molar-refractivity contribution in [2.24, 2.45) is 23.3 Å². The highest BCUT2D eigenvalue weighted by Crippen LogP contribution is 2.30. The van der Waals surface area contributed by atoms with E-state index < -0.39 is 32.4 Å². The van der Waals surface area contributed by atoms with E-state index in [1.54, 1.807) is 6.92 Å². The Labute approximate surface area is 140 Å². The van der Waals surface area contributed by atoms with Crippen molar-refractivity contribution in [1.29, 1.82) is 0 Å². The van der Waals surface area contributed by atoms with E-state index in [1.807, 2.05) is 0 Å². The molecule has 134 valence electrons. The molecular weight excluding hydrogens is 339 g/mol. The van der Waals surface area contributed by atoms with Crippen molar-refractivity contribution >= 4 is 22.2 Å². The van der Waals surface area contributed by atoms with E-state index in [2.05, 4.69) is 4.40 Å². The van der Waals surface area contributed by atoms with Gasteiger partial charge in [0.15, 0.2) is 11.5 Å². The predicted molar refractivity (Wildman–Crippen MR) is 84.9 cm³/mol. The number of aliphatic hydroxyl groups is 1. The first-order chi connectivity index (χ1) is 11.3. The van der Waals surface area contributed by atoms with Crippen LogP contribution < -0.4 is 0 Å². The molecule has 1 unspecified atom stereocenters. The van der Waals surface area contributed by atoms with E-state index in [0.29, 0.717) is 0 Å². The van der Waals surface area contributed by atoms with Crippen LogP contribution in [-0.4, -0.2) is 43.5 Å². The van der Waals surface area contributed by atoms with E-state index >= 15 is 0 Å². The summed E-state index contributed by atoms with van der Waals surface area (Å²) in [5.41, 5.74) is -0.459. The van der Waals surface area contributed by atoms with Crippen molar-refractivity contribution in [3.05, 3.63) is 17.7 Å². The quantitative estimate of drug-likeness (QED) is 0.612. The molecule has 7 nitrogen and oxygen atoms in total. The number of nitrogens with zero attached hydrogens (tertiary/aromatic N) is 2. The van der Waals surface area contributed by atoms with Gasteiger partial charge in [-0.15, -0.1) is 0 Å². The van der Waals surface area contributed by atoms with Crippen LogP contribution in [0.5, 0.6) is 0 Å². The highest BCUT2D eigenvalue weighted by molar-refractivity contribution is 7.90. The molecule has 9 heteroatoms. The number of aromatic nitrogens is 1. The molecule has 0 bridgehead atoms. The van der Waals surface area contributed by atoms with Crippen molar-refractivity contribution in [2.45, 2.75) is 31.1 Å². The summed E-state index contributed by atoms with van der Waals surface area (Å²) in [4.78, 5) is 11.1. The lowest BCUT2D eigenvalue weighted by atomic mass is 9.99. The van der Waals surface area contributed by atoms with Crippen LogP contribution in [-0.2, 0) is 21.8 Å². The summed E-state index contributed by atoms with van der Waals surface area (Å²) in [6, 6.07) is 0. The minimum Gasteiger partial charge on any atom is -0.461 e. The lowest BCUT2D eigenvalue weighted by Crippen LogP contribution is -2.14. The van der Waals surface area contributed by atoms with Gasteiger partial charge in [-0.05, 0) is 25.7 Å². The van der Waals surface area contributed by atoms with Crippen LogP contribution in [0.1, 0.15) is 36.7 Å². The second-order valence-corrected chi connectivity index (χ2v) is 7.36. The van der Waals surface area contributed by atoms with Gasteiger partial charge in [-0.1, -0.05) is 6.42 Å². The van der Waals surface area contributed by atoms with Crippen LogP contribution in [0.4, 0.5) is 4.39 Å². The summed E-state index contributed by atoms with van der Waals surface area (Å²) in [6.07, 6.45) is 4.69. The maximum Gasteiger partial charge on any atom is 0.358 e. The molecule has 1 fully saturated rings. The van der Waals surface area contributed by atoms with E-state index in [0.717, 1.165) is 30.0 Å². The Balaban J connectivity index is 2.30. The third kappa shape index (κ3) is 3.67. The number of carbonyl (C=O) groups excluding carboxylic acids is 1. The summed E-state index contributed by atoms with van der Waals surface area (Å²) in [5.74, 6) is -2.28. The number of rotatable bonds is 6. The van der Waals surface area contributed by atoms with Crippen molar-refractivity contribution in [3.63, 3.8) is 0 Å². The molecule has 1 aromatic rings. The Bertz CT molecular complexity index is 741. The van der Waals surface area contributed by atoms with Crippen LogP contribution in [0.15, 0.2) is 15.5 Å². The van der Waals surface area contributed by atoms with Gasteiger partial charge in [0, 0.05) is 32.0 Å². The lowest BCUT2D eigenvalue weighted by Gasteiger charge is -2.11. The molecule has 1 saturated carbocycles. The zero-order valence-electron chi connectivity index (χ0n) is 13.6. The molecule has 1 aromatic heterocycles. The number of sulfonamides is 1. The summed E-state index contributed by atoms with van der Waals surface area (Å²) in [5, 5.41) is 9.25. The van der Waals surface area contributed by atoms with Crippen LogP contribution >= 0.6 is 0 Å². The summed E-state index contributed by atoms with van der Waals surface area (Å²) in [6.45, 7) is 1.58. The van der Waals surface area contributed by atoms with Crippen molar-refractivity contribution in [3.8, 4) is 0 Å². The highest BCUT2D eigenvalue weighted by Gasteiger charge is 2.30. The lowest BCUT2D eigenvalue weighted by molar-refractivity contribution is 0.0509. The molecule has 0 saturated heterocycles. The van der Waals surface area contributed by atoms with Gasteiger partial charge < -0.3 is 14.4 Å². The molecule has 0 spiro atoms. The van der Waals surface area contributed by atoms with E-state index in [-0.39, 0.29) is 25.0 Å². The second kappa shape index (κ2) is 7.43. The van der Waals surface area contributed by atoms with Crippen molar-refractivity contribution in [1.82, 2.24) is 4.57 Å². The van der Waals surface area contributed by atoms with Crippen molar-refractivity contribution < 1.29 is 27.4 Å². The molecule has 0 radical (unpaired) electrons. The Morgan fingerprint density at radius 3 is 2.88 bits per heavy atom. The maximum atomic E-state index is 14.4. The molecule has 1 N–H and O–H groups in total. The molecule has 24 heavy (non-hydrogen) atoms. The van der Waals surface area contributed by atoms with Gasteiger partial charge >= 0.3 is 5.97 Å². The number of esters is 1. The van der Waals surface area contributed by atoms with E-state index in [9.17, 15) is 22.7 Å². The van der Waals surface area contributed by atoms with Gasteiger partial charge in [0.25, 0.3) is 10.0 Å². The first-order valence-electron chi connectivity index (χ1n) is 7.75. The van der Waals surface area contributed by atoms with Crippen LogP contribution in [0.2, 0.25) is 0 Å². The zero-order valence-corrected chi connectivity index (χ0v) is 14.4. The summed E-state index contributed by atoms with van der Waals surface area (Å²) in [7, 11) is -2.92. The largest absolute Gasteiger partial charge is 0.461 e. The predicted octanol–water partition coefficient (Wildman–Crippen LogP) is 1.51. The molecule has 1 aliphatic carbocycles. The van der Waals surface area contributed by atoms with Gasteiger partial charge in [0.05, 0.1) is 6.61 Å². The van der Waals surface area contributed by atoms with Gasteiger partial charge in [0.1, 0.15) is 4.90 Å². The average Bonchev–Trinajstić information content (AvgIpc) is 3.09. The molecule has 1 aliphatic rings. The SMILES string of the molecule is CCOC(=O)c1c(F)c(S(=O)(=O)N=CC2CCC[C@@H]2CO)cn1C. The molecule has 2 rings (SSSR count). The van der Waals surface area contributed by atoms with Crippen LogP contribution in [0.25, 0.3) is 0 Å². The Morgan fingerprint density at radius 1 is 1.54 bits per heavy atom. The maximum absolute atomic E-state index is 14.4. The molecular formula is C15H21FN2O5S. The molecule has 2 atom stereocenters.